The van der Waals surface area contributed by atoms with Crippen LogP contribution in [-0.4, -0.2) is 41.1 Å². The van der Waals surface area contributed by atoms with Crippen molar-refractivity contribution in [3.8, 4) is 0 Å². The van der Waals surface area contributed by atoms with Crippen molar-refractivity contribution in [1.29, 1.82) is 0 Å². The average Bonchev–Trinajstić information content (AvgIpc) is 3.02. The molecule has 0 bridgehead atoms. The molecule has 130 valence electrons. The molecule has 1 atom stereocenters. The van der Waals surface area contributed by atoms with E-state index in [1.807, 2.05) is 38.4 Å². The molecule has 5 nitrogen and oxygen atoms in total. The molecule has 1 unspecified atom stereocenters. The number of anilines is 1. The minimum atomic E-state index is -1.18. The van der Waals surface area contributed by atoms with E-state index in [9.17, 15) is 9.90 Å². The first kappa shape index (κ1) is 17.2. The third kappa shape index (κ3) is 4.07. The number of rotatable bonds is 6. The van der Waals surface area contributed by atoms with Gasteiger partial charge >= 0.3 is 0 Å². The Morgan fingerprint density at radius 1 is 1.16 bits per heavy atom. The Balaban J connectivity index is 1.77. The monoisotopic (exact) mass is 337 g/mol. The van der Waals surface area contributed by atoms with Gasteiger partial charge < -0.3 is 19.9 Å². The fraction of sp³-hybridized carbons (Fsp3) is 0.250. The number of nitrogens with one attached hydrogen (secondary N) is 1. The van der Waals surface area contributed by atoms with Crippen molar-refractivity contribution in [2.45, 2.75) is 12.6 Å². The van der Waals surface area contributed by atoms with Crippen molar-refractivity contribution in [2.24, 2.45) is 0 Å². The topological polar surface area (TPSA) is 57.5 Å². The summed E-state index contributed by atoms with van der Waals surface area (Å²) in [6.45, 7) is 1.81. The summed E-state index contributed by atoms with van der Waals surface area (Å²) in [7, 11) is 4.09. The lowest BCUT2D eigenvalue weighted by Crippen LogP contribution is -2.20. The Morgan fingerprint density at radius 2 is 1.92 bits per heavy atom. The van der Waals surface area contributed by atoms with Gasteiger partial charge in [0.25, 0.3) is 5.91 Å². The molecule has 2 N–H and O–H groups in total. The Bertz CT molecular complexity index is 856. The maximum absolute atomic E-state index is 12.3. The Hall–Kier alpha value is -2.63. The van der Waals surface area contributed by atoms with E-state index in [0.717, 1.165) is 24.0 Å². The Labute approximate surface area is 147 Å². The zero-order chi connectivity index (χ0) is 17.8. The van der Waals surface area contributed by atoms with Crippen LogP contribution in [-0.2, 0) is 11.3 Å². The number of hydrogen-bond donors (Lipinski definition) is 2. The molecule has 5 heteroatoms. The highest BCUT2D eigenvalue weighted by Crippen LogP contribution is 2.22. The summed E-state index contributed by atoms with van der Waals surface area (Å²) >= 11 is 0. The third-order valence-corrected chi connectivity index (χ3v) is 4.19. The number of aromatic nitrogens is 1. The van der Waals surface area contributed by atoms with Crippen LogP contribution in [0.3, 0.4) is 0 Å². The van der Waals surface area contributed by atoms with Crippen LogP contribution in [0, 0.1) is 0 Å². The second-order valence-electron chi connectivity index (χ2n) is 6.39. The van der Waals surface area contributed by atoms with Crippen LogP contribution in [0.25, 0.3) is 10.9 Å². The predicted octanol–water partition coefficient (Wildman–Crippen LogP) is 2.88. The molecule has 0 aliphatic rings. The number of aliphatic hydroxyl groups is 1. The molecule has 0 spiro atoms. The third-order valence-electron chi connectivity index (χ3n) is 4.19. The van der Waals surface area contributed by atoms with Gasteiger partial charge in [-0.3, -0.25) is 4.79 Å². The second kappa shape index (κ2) is 7.51. The van der Waals surface area contributed by atoms with Crippen molar-refractivity contribution in [1.82, 2.24) is 9.47 Å². The van der Waals surface area contributed by atoms with Gasteiger partial charge in [-0.05, 0) is 43.2 Å². The van der Waals surface area contributed by atoms with Crippen molar-refractivity contribution < 1.29 is 9.90 Å². The molecule has 0 fully saturated rings. The molecule has 3 rings (SSSR count). The smallest absolute Gasteiger partial charge is 0.257 e. The van der Waals surface area contributed by atoms with E-state index >= 15 is 0 Å². The first-order valence-corrected chi connectivity index (χ1v) is 8.32. The molecule has 1 aromatic heterocycles. The first-order chi connectivity index (χ1) is 12.0. The van der Waals surface area contributed by atoms with Crippen LogP contribution in [0.1, 0.15) is 11.7 Å². The summed E-state index contributed by atoms with van der Waals surface area (Å²) in [5, 5.41) is 14.1. The minimum Gasteiger partial charge on any atom is -0.378 e. The van der Waals surface area contributed by atoms with Crippen molar-refractivity contribution in [3.05, 3.63) is 66.4 Å². The van der Waals surface area contributed by atoms with E-state index in [-0.39, 0.29) is 0 Å². The van der Waals surface area contributed by atoms with Crippen LogP contribution in [0.5, 0.6) is 0 Å². The molecule has 0 radical (unpaired) electrons. The van der Waals surface area contributed by atoms with E-state index < -0.39 is 12.0 Å². The molecule has 1 heterocycles. The molecular formula is C20H23N3O2. The van der Waals surface area contributed by atoms with Crippen LogP contribution in [0.4, 0.5) is 5.69 Å². The van der Waals surface area contributed by atoms with Crippen molar-refractivity contribution >= 4 is 22.5 Å². The number of nitrogens with zero attached hydrogens (tertiary/aromatic N) is 2. The van der Waals surface area contributed by atoms with Crippen molar-refractivity contribution in [2.75, 3.05) is 26.0 Å². The number of fused-ring (bicyclic) bond motifs is 1. The average molecular weight is 337 g/mol. The first-order valence-electron chi connectivity index (χ1n) is 8.32. The van der Waals surface area contributed by atoms with Gasteiger partial charge in [0.1, 0.15) is 0 Å². The van der Waals surface area contributed by atoms with Crippen LogP contribution in [0.15, 0.2) is 60.8 Å². The van der Waals surface area contributed by atoms with Gasteiger partial charge in [-0.25, -0.2) is 0 Å². The summed E-state index contributed by atoms with van der Waals surface area (Å²) in [4.78, 5) is 14.4. The summed E-state index contributed by atoms with van der Waals surface area (Å²) in [5.41, 5.74) is 2.32. The van der Waals surface area contributed by atoms with Gasteiger partial charge in [0, 0.05) is 25.0 Å². The molecule has 0 saturated carbocycles. The number of amides is 1. The molecule has 0 aliphatic heterocycles. The number of hydrogen-bond acceptors (Lipinski definition) is 3. The SMILES string of the molecule is CN(C)CCn1ccc2ccc(NC(=O)C(O)c3ccccc3)cc21. The van der Waals surface area contributed by atoms with Gasteiger partial charge in [-0.15, -0.1) is 0 Å². The summed E-state index contributed by atoms with van der Waals surface area (Å²) in [6.07, 6.45) is 0.871. The van der Waals surface area contributed by atoms with E-state index in [1.54, 1.807) is 24.3 Å². The fourth-order valence-electron chi connectivity index (χ4n) is 2.76. The normalized spacial score (nSPS) is 12.5. The van der Waals surface area contributed by atoms with Gasteiger partial charge in [0.15, 0.2) is 6.10 Å². The maximum Gasteiger partial charge on any atom is 0.257 e. The van der Waals surface area contributed by atoms with E-state index in [1.165, 1.54) is 0 Å². The summed E-state index contributed by atoms with van der Waals surface area (Å²) in [6, 6.07) is 16.8. The second-order valence-corrected chi connectivity index (χ2v) is 6.39. The molecule has 25 heavy (non-hydrogen) atoms. The number of likely N-dealkylation sites (N-methyl/N-ethyl adjacent to an activating group) is 1. The van der Waals surface area contributed by atoms with Crippen LogP contribution in [0.2, 0.25) is 0 Å². The van der Waals surface area contributed by atoms with Crippen LogP contribution < -0.4 is 5.32 Å². The highest BCUT2D eigenvalue weighted by Gasteiger charge is 2.17. The largest absolute Gasteiger partial charge is 0.378 e. The van der Waals surface area contributed by atoms with Gasteiger partial charge in [-0.2, -0.15) is 0 Å². The summed E-state index contributed by atoms with van der Waals surface area (Å²) < 4.78 is 2.17. The molecule has 1 amide bonds. The lowest BCUT2D eigenvalue weighted by molar-refractivity contribution is -0.124. The van der Waals surface area contributed by atoms with Crippen LogP contribution >= 0.6 is 0 Å². The van der Waals surface area contributed by atoms with Crippen molar-refractivity contribution in [3.63, 3.8) is 0 Å². The van der Waals surface area contributed by atoms with Gasteiger partial charge in [0.2, 0.25) is 0 Å². The fourth-order valence-corrected chi connectivity index (χ4v) is 2.76. The number of benzene rings is 2. The van der Waals surface area contributed by atoms with Gasteiger partial charge in [-0.1, -0.05) is 36.4 Å². The molecule has 3 aromatic rings. The van der Waals surface area contributed by atoms with E-state index in [4.69, 9.17) is 0 Å². The highest BCUT2D eigenvalue weighted by atomic mass is 16.3. The lowest BCUT2D eigenvalue weighted by Gasteiger charge is -2.13. The Morgan fingerprint density at radius 3 is 2.64 bits per heavy atom. The zero-order valence-electron chi connectivity index (χ0n) is 14.5. The van der Waals surface area contributed by atoms with E-state index in [0.29, 0.717) is 11.3 Å². The molecule has 0 saturated heterocycles. The number of carbonyl (C=O) groups is 1. The number of carbonyl (C=O) groups excluding carboxylic acids is 1. The van der Waals surface area contributed by atoms with Gasteiger partial charge in [0.05, 0.1) is 5.52 Å². The standard InChI is InChI=1S/C20H23N3O2/c1-22(2)12-13-23-11-10-15-8-9-17(14-18(15)23)21-20(25)19(24)16-6-4-3-5-7-16/h3-11,14,19,24H,12-13H2,1-2H3,(H,21,25). The quantitative estimate of drug-likeness (QED) is 0.727. The molecule has 2 aromatic carbocycles. The molecule has 0 aliphatic carbocycles. The Kier molecular flexibility index (Phi) is 5.16. The maximum atomic E-state index is 12.3. The lowest BCUT2D eigenvalue weighted by atomic mass is 10.1. The molecular weight excluding hydrogens is 314 g/mol. The minimum absolute atomic E-state index is 0.433. The zero-order valence-corrected chi connectivity index (χ0v) is 14.5. The number of aliphatic hydroxyl groups excluding tert-OH is 1. The summed E-state index contributed by atoms with van der Waals surface area (Å²) in [5.74, 6) is -0.433. The van der Waals surface area contributed by atoms with E-state index in [2.05, 4.69) is 27.0 Å². The predicted molar refractivity (Wildman–Crippen MR) is 101 cm³/mol. The highest BCUT2D eigenvalue weighted by molar-refractivity contribution is 5.96.